The predicted molar refractivity (Wildman–Crippen MR) is 87.7 cm³/mol. The van der Waals surface area contributed by atoms with Gasteiger partial charge in [-0.1, -0.05) is 77.9 Å². The van der Waals surface area contributed by atoms with Gasteiger partial charge in [0.05, 0.1) is 0 Å². The van der Waals surface area contributed by atoms with Gasteiger partial charge < -0.3 is 24.0 Å². The summed E-state index contributed by atoms with van der Waals surface area (Å²) in [5.74, 6) is 0. The van der Waals surface area contributed by atoms with E-state index in [4.69, 9.17) is 0 Å². The molecule has 0 aliphatic heterocycles. The molecule has 0 unspecified atom stereocenters. The zero-order valence-corrected chi connectivity index (χ0v) is 18.7. The molecule has 2 heteroatoms. The number of hydrogen-bond acceptors (Lipinski definition) is 0. The lowest BCUT2D eigenvalue weighted by molar-refractivity contribution is -0.599. The van der Waals surface area contributed by atoms with Gasteiger partial charge in [0.15, 0.2) is 7.14 Å². The highest BCUT2D eigenvalue weighted by atomic mass is 127. The van der Waals surface area contributed by atoms with Gasteiger partial charge in [-0.15, -0.1) is 0 Å². The van der Waals surface area contributed by atoms with Crippen LogP contribution in [0.4, 0.5) is 0 Å². The minimum absolute atomic E-state index is 0. The van der Waals surface area contributed by atoms with Crippen LogP contribution in [0.3, 0.4) is 0 Å². The zero-order chi connectivity index (χ0) is 15.7. The summed E-state index contributed by atoms with van der Waals surface area (Å²) in [6, 6.07) is 18.0. The highest BCUT2D eigenvalue weighted by Crippen LogP contribution is 2.23. The molecule has 0 aliphatic carbocycles. The number of hydrogen-bond donors (Lipinski definition) is 0. The van der Waals surface area contributed by atoms with Gasteiger partial charge in [-0.2, -0.15) is 0 Å². The molecule has 0 saturated heterocycles. The maximum Gasteiger partial charge on any atom is 0.358 e. The van der Waals surface area contributed by atoms with Gasteiger partial charge in [0, 0.05) is 11.1 Å². The third-order valence-electron chi connectivity index (χ3n) is 3.57. The summed E-state index contributed by atoms with van der Waals surface area (Å²) >= 11 is -0.147. The van der Waals surface area contributed by atoms with Crippen molar-refractivity contribution in [2.45, 2.75) is 52.4 Å². The van der Waals surface area contributed by atoms with Gasteiger partial charge in [0.2, 0.25) is 0 Å². The van der Waals surface area contributed by atoms with Crippen molar-refractivity contribution in [3.63, 3.8) is 0 Å². The molecule has 0 aliphatic rings. The first-order chi connectivity index (χ1) is 9.69. The van der Waals surface area contributed by atoms with E-state index in [1.165, 1.54) is 11.1 Å². The second kappa shape index (κ2) is 7.65. The van der Waals surface area contributed by atoms with Crippen LogP contribution in [0.2, 0.25) is 0 Å². The van der Waals surface area contributed by atoms with Crippen molar-refractivity contribution in [3.8, 4) is 0 Å². The Balaban J connectivity index is 0.00000242. The Morgan fingerprint density at radius 3 is 1.23 bits per heavy atom. The Morgan fingerprint density at radius 1 is 0.591 bits per heavy atom. The van der Waals surface area contributed by atoms with Crippen LogP contribution in [0.15, 0.2) is 48.5 Å². The van der Waals surface area contributed by atoms with Crippen LogP contribution in [-0.4, -0.2) is 0 Å². The summed E-state index contributed by atoms with van der Waals surface area (Å²) in [5.41, 5.74) is 3.43. The van der Waals surface area contributed by atoms with Crippen LogP contribution in [0.5, 0.6) is 0 Å². The first kappa shape index (κ1) is 19.9. The normalized spacial score (nSPS) is 11.9. The van der Waals surface area contributed by atoms with Gasteiger partial charge in [-0.25, -0.2) is 0 Å². The second-order valence-electron chi connectivity index (χ2n) is 7.55. The highest BCUT2D eigenvalue weighted by Gasteiger charge is 2.30. The van der Waals surface area contributed by atoms with E-state index in [-0.39, 0.29) is 56.0 Å². The molecule has 2 aromatic rings. The van der Waals surface area contributed by atoms with E-state index in [0.29, 0.717) is 0 Å². The Hall–Kier alpha value is -0.100. The van der Waals surface area contributed by atoms with Crippen LogP contribution >= 0.6 is 0 Å². The summed E-state index contributed by atoms with van der Waals surface area (Å²) < 4.78 is 3.11. The number of benzene rings is 2. The molecule has 0 bridgehead atoms. The molecule has 0 radical (unpaired) electrons. The topological polar surface area (TPSA) is 0 Å². The average Bonchev–Trinajstić information content (AvgIpc) is 2.37. The summed E-state index contributed by atoms with van der Waals surface area (Å²) in [7, 11) is 0. The van der Waals surface area contributed by atoms with Gasteiger partial charge in [-0.05, 0) is 23.0 Å². The van der Waals surface area contributed by atoms with Crippen LogP contribution in [0, 0.1) is 7.14 Å². The van der Waals surface area contributed by atoms with Crippen molar-refractivity contribution in [1.82, 2.24) is 0 Å². The first-order valence-corrected chi connectivity index (χ1v) is 9.69. The Morgan fingerprint density at radius 2 is 0.909 bits per heavy atom. The molecule has 22 heavy (non-hydrogen) atoms. The van der Waals surface area contributed by atoms with Crippen molar-refractivity contribution in [2.75, 3.05) is 0 Å². The van der Waals surface area contributed by atoms with Gasteiger partial charge >= 0.3 is 21.2 Å². The molecule has 2 rings (SSSR count). The van der Waals surface area contributed by atoms with Crippen molar-refractivity contribution in [3.05, 3.63) is 66.8 Å². The predicted octanol–water partition coefficient (Wildman–Crippen LogP) is -0.586. The van der Waals surface area contributed by atoms with Gasteiger partial charge in [0.25, 0.3) is 0 Å². The lowest BCUT2D eigenvalue weighted by atomic mass is 9.87. The Labute approximate surface area is 163 Å². The largest absolute Gasteiger partial charge is 1.00 e. The van der Waals surface area contributed by atoms with Crippen LogP contribution in [0.1, 0.15) is 52.7 Å². The molecule has 0 saturated carbocycles. The summed E-state index contributed by atoms with van der Waals surface area (Å²) in [6.07, 6.45) is 0. The van der Waals surface area contributed by atoms with Gasteiger partial charge in [0.1, 0.15) is 0 Å². The molecule has 0 aromatic heterocycles. The molecule has 0 nitrogen and oxygen atoms in total. The van der Waals surface area contributed by atoms with E-state index in [9.17, 15) is 0 Å². The summed E-state index contributed by atoms with van der Waals surface area (Å²) in [5, 5.41) is 0. The van der Waals surface area contributed by atoms with E-state index in [1.807, 2.05) is 0 Å². The standard InChI is InChI=1S/C20H26I.HI/c1-19(2,3)15-11-7-9-13-17(15)21-18-14-10-8-12-16(18)20(4,5)6;/h7-14H,1-6H3;1H/q+1;/p-1. The maximum atomic E-state index is 2.33. The second-order valence-corrected chi connectivity index (χ2v) is 10.4. The first-order valence-electron chi connectivity index (χ1n) is 7.53. The fourth-order valence-electron chi connectivity index (χ4n) is 2.41. The molecular formula is C20H26I2. The Kier molecular flexibility index (Phi) is 6.93. The number of rotatable bonds is 2. The third-order valence-corrected chi connectivity index (χ3v) is 6.61. The lowest BCUT2D eigenvalue weighted by Crippen LogP contribution is -3.62. The van der Waals surface area contributed by atoms with Crippen LogP contribution in [-0.2, 0) is 10.8 Å². The van der Waals surface area contributed by atoms with E-state index in [0.717, 1.165) is 0 Å². The SMILES string of the molecule is CC(C)(C)c1ccccc1[I+]c1ccccc1C(C)(C)C.[I-]. The van der Waals surface area contributed by atoms with Crippen LogP contribution < -0.4 is 45.2 Å². The third kappa shape index (κ3) is 4.95. The monoisotopic (exact) mass is 520 g/mol. The summed E-state index contributed by atoms with van der Waals surface area (Å²) in [4.78, 5) is 0. The fourth-order valence-corrected chi connectivity index (χ4v) is 6.37. The maximum absolute atomic E-state index is 2.33. The van der Waals surface area contributed by atoms with Crippen molar-refractivity contribution >= 4 is 0 Å². The molecule has 0 heterocycles. The quantitative estimate of drug-likeness (QED) is 0.466. The van der Waals surface area contributed by atoms with E-state index < -0.39 is 0 Å². The molecule has 0 N–H and O–H groups in total. The van der Waals surface area contributed by atoms with E-state index >= 15 is 0 Å². The van der Waals surface area contributed by atoms with E-state index in [1.54, 1.807) is 7.14 Å². The lowest BCUT2D eigenvalue weighted by Gasteiger charge is -2.20. The molecule has 0 atom stereocenters. The average molecular weight is 520 g/mol. The molecule has 2 aromatic carbocycles. The minimum atomic E-state index is -0.147. The van der Waals surface area contributed by atoms with Crippen molar-refractivity contribution in [2.24, 2.45) is 0 Å². The Bertz CT molecular complexity index is 561. The summed E-state index contributed by atoms with van der Waals surface area (Å²) in [6.45, 7) is 13.9. The smallest absolute Gasteiger partial charge is 0.358 e. The molecular weight excluding hydrogens is 494 g/mol. The number of halogens is 2. The molecule has 0 spiro atoms. The van der Waals surface area contributed by atoms with E-state index in [2.05, 4.69) is 90.1 Å². The highest BCUT2D eigenvalue weighted by molar-refractivity contribution is 5.24. The fraction of sp³-hybridized carbons (Fsp3) is 0.400. The molecule has 0 amide bonds. The van der Waals surface area contributed by atoms with Gasteiger partial charge in [-0.3, -0.25) is 0 Å². The minimum Gasteiger partial charge on any atom is -1.00 e. The molecule has 0 fully saturated rings. The van der Waals surface area contributed by atoms with Crippen molar-refractivity contribution < 1.29 is 45.2 Å². The zero-order valence-electron chi connectivity index (χ0n) is 14.4. The molecule has 120 valence electrons. The van der Waals surface area contributed by atoms with Crippen LogP contribution in [0.25, 0.3) is 0 Å². The van der Waals surface area contributed by atoms with Crippen molar-refractivity contribution in [1.29, 1.82) is 0 Å².